The summed E-state index contributed by atoms with van der Waals surface area (Å²) in [5.41, 5.74) is 7.79. The van der Waals surface area contributed by atoms with Crippen LogP contribution in [0.5, 0.6) is 5.75 Å². The molecule has 1 atom stereocenters. The molecular weight excluding hydrogens is 498 g/mol. The fourth-order valence-electron chi connectivity index (χ4n) is 5.51. The van der Waals surface area contributed by atoms with Gasteiger partial charge in [0, 0.05) is 17.4 Å². The van der Waals surface area contributed by atoms with E-state index in [2.05, 4.69) is 53.3 Å². The van der Waals surface area contributed by atoms with Crippen LogP contribution in [0.2, 0.25) is 0 Å². The molecule has 7 nitrogen and oxygen atoms in total. The Bertz CT molecular complexity index is 1680. The van der Waals surface area contributed by atoms with Gasteiger partial charge in [0.25, 0.3) is 0 Å². The van der Waals surface area contributed by atoms with Gasteiger partial charge in [0.2, 0.25) is 0 Å². The summed E-state index contributed by atoms with van der Waals surface area (Å²) in [6.07, 6.45) is 2.06. The van der Waals surface area contributed by atoms with Crippen molar-refractivity contribution in [2.24, 2.45) is 0 Å². The zero-order chi connectivity index (χ0) is 27.8. The standard InChI is InChI=1S/C33H33N5O2/c1-5-40-27-16-10-13-25(20-27)31-30-18-11-19-36(30)32-28(24(4)35-38(32)26-14-7-6-8-15-26)21-37(31)33(39)34-29-17-9-12-22(2)23(29)3/h6-20,31H,5,21H2,1-4H3,(H,34,39)/t31-/m1/s1. The van der Waals surface area contributed by atoms with E-state index in [1.807, 2.05) is 85.0 Å². The Morgan fingerprint density at radius 1 is 0.975 bits per heavy atom. The lowest BCUT2D eigenvalue weighted by atomic mass is 10.0. The number of aryl methyl sites for hydroxylation is 2. The summed E-state index contributed by atoms with van der Waals surface area (Å²) in [6, 6.07) is 27.7. The van der Waals surface area contributed by atoms with Crippen LogP contribution in [0.15, 0.2) is 91.1 Å². The van der Waals surface area contributed by atoms with Gasteiger partial charge >= 0.3 is 6.03 Å². The highest BCUT2D eigenvalue weighted by Crippen LogP contribution is 2.39. The van der Waals surface area contributed by atoms with Crippen LogP contribution in [-0.4, -0.2) is 31.9 Å². The number of carbonyl (C=O) groups is 1. The normalized spacial score (nSPS) is 14.3. The maximum absolute atomic E-state index is 14.3. The lowest BCUT2D eigenvalue weighted by Crippen LogP contribution is -2.38. The molecule has 0 aliphatic carbocycles. The number of benzene rings is 3. The van der Waals surface area contributed by atoms with E-state index >= 15 is 0 Å². The third-order valence-corrected chi connectivity index (χ3v) is 7.68. The van der Waals surface area contributed by atoms with Crippen molar-refractivity contribution in [3.63, 3.8) is 0 Å². The molecule has 0 saturated heterocycles. The second-order valence-electron chi connectivity index (χ2n) is 10.2. The van der Waals surface area contributed by atoms with Gasteiger partial charge in [-0.05, 0) is 86.8 Å². The molecule has 202 valence electrons. The third-order valence-electron chi connectivity index (χ3n) is 7.68. The van der Waals surface area contributed by atoms with Crippen LogP contribution in [0, 0.1) is 20.8 Å². The Morgan fingerprint density at radius 3 is 2.58 bits per heavy atom. The minimum Gasteiger partial charge on any atom is -0.494 e. The van der Waals surface area contributed by atoms with Crippen molar-refractivity contribution in [1.82, 2.24) is 19.2 Å². The topological polar surface area (TPSA) is 64.3 Å². The van der Waals surface area contributed by atoms with Crippen molar-refractivity contribution >= 4 is 11.7 Å². The van der Waals surface area contributed by atoms with E-state index in [4.69, 9.17) is 9.84 Å². The first kappa shape index (κ1) is 25.5. The number of rotatable bonds is 5. The highest BCUT2D eigenvalue weighted by atomic mass is 16.5. The van der Waals surface area contributed by atoms with Crippen LogP contribution in [0.1, 0.15) is 46.6 Å². The van der Waals surface area contributed by atoms with Crippen LogP contribution in [0.25, 0.3) is 11.5 Å². The smallest absolute Gasteiger partial charge is 0.322 e. The van der Waals surface area contributed by atoms with Gasteiger partial charge in [0.05, 0.1) is 36.3 Å². The molecule has 6 rings (SSSR count). The molecule has 0 bridgehead atoms. The van der Waals surface area contributed by atoms with Gasteiger partial charge < -0.3 is 19.5 Å². The van der Waals surface area contributed by atoms with E-state index in [0.29, 0.717) is 13.2 Å². The summed E-state index contributed by atoms with van der Waals surface area (Å²) in [6.45, 7) is 9.03. The third kappa shape index (κ3) is 4.43. The van der Waals surface area contributed by atoms with Crippen molar-refractivity contribution in [3.05, 3.63) is 125 Å². The average Bonchev–Trinajstić information content (AvgIpc) is 3.52. The summed E-state index contributed by atoms with van der Waals surface area (Å²) >= 11 is 0. The number of fused-ring (bicyclic) bond motifs is 3. The molecule has 1 aliphatic rings. The molecule has 40 heavy (non-hydrogen) atoms. The second kappa shape index (κ2) is 10.4. The molecule has 2 amide bonds. The number of hydrogen-bond donors (Lipinski definition) is 1. The number of para-hydroxylation sites is 1. The predicted octanol–water partition coefficient (Wildman–Crippen LogP) is 7.12. The number of carbonyl (C=O) groups excluding carboxylic acids is 1. The van der Waals surface area contributed by atoms with Gasteiger partial charge in [-0.1, -0.05) is 42.5 Å². The van der Waals surface area contributed by atoms with Crippen LogP contribution < -0.4 is 10.1 Å². The summed E-state index contributed by atoms with van der Waals surface area (Å²) in [5, 5.41) is 8.16. The highest BCUT2D eigenvalue weighted by Gasteiger charge is 2.36. The van der Waals surface area contributed by atoms with Crippen LogP contribution in [0.4, 0.5) is 10.5 Å². The zero-order valence-corrected chi connectivity index (χ0v) is 23.3. The fraction of sp³-hybridized carbons (Fsp3) is 0.212. The van der Waals surface area contributed by atoms with Crippen molar-refractivity contribution in [2.75, 3.05) is 11.9 Å². The van der Waals surface area contributed by atoms with Crippen LogP contribution >= 0.6 is 0 Å². The molecule has 0 radical (unpaired) electrons. The first-order chi connectivity index (χ1) is 19.5. The van der Waals surface area contributed by atoms with Crippen LogP contribution in [0.3, 0.4) is 0 Å². The van der Waals surface area contributed by atoms with Gasteiger partial charge in [-0.2, -0.15) is 5.10 Å². The predicted molar refractivity (Wildman–Crippen MR) is 158 cm³/mol. The van der Waals surface area contributed by atoms with Gasteiger partial charge in [-0.3, -0.25) is 0 Å². The van der Waals surface area contributed by atoms with Gasteiger partial charge in [-0.25, -0.2) is 9.48 Å². The van der Waals surface area contributed by atoms with E-state index in [0.717, 1.165) is 56.6 Å². The molecular formula is C33H33N5O2. The largest absolute Gasteiger partial charge is 0.494 e. The summed E-state index contributed by atoms with van der Waals surface area (Å²) in [5.74, 6) is 1.72. The molecule has 3 heterocycles. The zero-order valence-electron chi connectivity index (χ0n) is 23.3. The van der Waals surface area contributed by atoms with E-state index in [1.165, 1.54) is 0 Å². The number of nitrogens with zero attached hydrogens (tertiary/aromatic N) is 4. The molecule has 0 spiro atoms. The number of amides is 2. The molecule has 7 heteroatoms. The molecule has 2 aromatic heterocycles. The number of anilines is 1. The van der Waals surface area contributed by atoms with Gasteiger partial charge in [0.1, 0.15) is 11.6 Å². The summed E-state index contributed by atoms with van der Waals surface area (Å²) in [4.78, 5) is 16.2. The average molecular weight is 532 g/mol. The van der Waals surface area contributed by atoms with Crippen molar-refractivity contribution < 1.29 is 9.53 Å². The number of nitrogens with one attached hydrogen (secondary N) is 1. The number of aromatic nitrogens is 3. The fourth-order valence-corrected chi connectivity index (χ4v) is 5.51. The molecule has 3 aromatic carbocycles. The monoisotopic (exact) mass is 531 g/mol. The first-order valence-corrected chi connectivity index (χ1v) is 13.6. The van der Waals surface area contributed by atoms with E-state index in [1.54, 1.807) is 0 Å². The SMILES string of the molecule is CCOc1cccc([C@@H]2c3cccn3-c3c(c(C)nn3-c3ccccc3)CN2C(=O)Nc2cccc(C)c2C)c1. The molecule has 1 aliphatic heterocycles. The minimum atomic E-state index is -0.364. The lowest BCUT2D eigenvalue weighted by Gasteiger charge is -2.31. The minimum absolute atomic E-state index is 0.173. The summed E-state index contributed by atoms with van der Waals surface area (Å²) < 4.78 is 10.0. The first-order valence-electron chi connectivity index (χ1n) is 13.6. The maximum Gasteiger partial charge on any atom is 0.322 e. The molecule has 0 saturated carbocycles. The van der Waals surface area contributed by atoms with Gasteiger partial charge in [-0.15, -0.1) is 0 Å². The Kier molecular flexibility index (Phi) is 6.64. The number of urea groups is 1. The molecule has 0 fully saturated rings. The number of ether oxygens (including phenoxy) is 1. The van der Waals surface area contributed by atoms with Crippen molar-refractivity contribution in [1.29, 1.82) is 0 Å². The Morgan fingerprint density at radius 2 is 1.77 bits per heavy atom. The van der Waals surface area contributed by atoms with Gasteiger partial charge in [0.15, 0.2) is 0 Å². The quantitative estimate of drug-likeness (QED) is 0.263. The Hall–Kier alpha value is -4.78. The molecule has 0 unspecified atom stereocenters. The van der Waals surface area contributed by atoms with Crippen molar-refractivity contribution in [2.45, 2.75) is 40.3 Å². The Balaban J connectivity index is 1.54. The lowest BCUT2D eigenvalue weighted by molar-refractivity contribution is 0.194. The second-order valence-corrected chi connectivity index (χ2v) is 10.2. The molecule has 1 N–H and O–H groups in total. The summed E-state index contributed by atoms with van der Waals surface area (Å²) in [7, 11) is 0. The van der Waals surface area contributed by atoms with E-state index in [9.17, 15) is 4.79 Å². The van der Waals surface area contributed by atoms with E-state index < -0.39 is 0 Å². The van der Waals surface area contributed by atoms with Crippen LogP contribution in [-0.2, 0) is 6.54 Å². The molecule has 5 aromatic rings. The van der Waals surface area contributed by atoms with Crippen molar-refractivity contribution in [3.8, 4) is 17.3 Å². The highest BCUT2D eigenvalue weighted by molar-refractivity contribution is 5.91. The maximum atomic E-state index is 14.3. The Labute approximate surface area is 234 Å². The number of hydrogen-bond acceptors (Lipinski definition) is 3. The van der Waals surface area contributed by atoms with E-state index in [-0.39, 0.29) is 12.1 Å².